The minimum absolute atomic E-state index is 0. The number of amides is 2. The number of nitrogens with one attached hydrogen (secondary N) is 3. The van der Waals surface area contributed by atoms with Gasteiger partial charge in [-0.3, -0.25) is 9.59 Å². The van der Waals surface area contributed by atoms with E-state index in [-0.39, 0.29) is 30.3 Å². The first-order chi connectivity index (χ1) is 12.7. The first kappa shape index (κ1) is 20.9. The van der Waals surface area contributed by atoms with Crippen LogP contribution in [0.4, 0.5) is 5.69 Å². The summed E-state index contributed by atoms with van der Waals surface area (Å²) < 4.78 is 0. The van der Waals surface area contributed by atoms with Crippen LogP contribution in [0.25, 0.3) is 0 Å². The number of halogens is 1. The highest BCUT2D eigenvalue weighted by molar-refractivity contribution is 5.95. The lowest BCUT2D eigenvalue weighted by atomic mass is 10.1. The normalized spacial score (nSPS) is 15.6. The van der Waals surface area contributed by atoms with Crippen molar-refractivity contribution in [3.05, 3.63) is 65.7 Å². The van der Waals surface area contributed by atoms with E-state index in [9.17, 15) is 9.59 Å². The molecule has 0 saturated carbocycles. The Kier molecular flexibility index (Phi) is 8.30. The van der Waals surface area contributed by atoms with Crippen LogP contribution in [-0.2, 0) is 11.2 Å². The van der Waals surface area contributed by atoms with Gasteiger partial charge in [-0.15, -0.1) is 12.4 Å². The summed E-state index contributed by atoms with van der Waals surface area (Å²) in [7, 11) is 0. The van der Waals surface area contributed by atoms with Crippen LogP contribution in [0.5, 0.6) is 0 Å². The maximum Gasteiger partial charge on any atom is 0.251 e. The minimum atomic E-state index is -0.103. The molecule has 0 aliphatic carbocycles. The van der Waals surface area contributed by atoms with Crippen LogP contribution in [0, 0.1) is 0 Å². The predicted octanol–water partition coefficient (Wildman–Crippen LogP) is 3.16. The van der Waals surface area contributed by atoms with Crippen LogP contribution >= 0.6 is 12.4 Å². The number of benzene rings is 2. The molecule has 0 radical (unpaired) electrons. The zero-order chi connectivity index (χ0) is 18.2. The Hall–Kier alpha value is -2.37. The third-order valence-corrected chi connectivity index (χ3v) is 4.57. The quantitative estimate of drug-likeness (QED) is 0.683. The summed E-state index contributed by atoms with van der Waals surface area (Å²) >= 11 is 0. The molecular weight excluding hydrogens is 362 g/mol. The van der Waals surface area contributed by atoms with Crippen LogP contribution in [-0.4, -0.2) is 30.9 Å². The van der Waals surface area contributed by atoms with Gasteiger partial charge in [0.25, 0.3) is 5.91 Å². The summed E-state index contributed by atoms with van der Waals surface area (Å²) in [5.74, 6) is -0.0987. The van der Waals surface area contributed by atoms with Gasteiger partial charge in [0.05, 0.1) is 0 Å². The molecule has 0 spiro atoms. The first-order valence-electron chi connectivity index (χ1n) is 9.16. The van der Waals surface area contributed by atoms with E-state index in [2.05, 4.69) is 16.0 Å². The van der Waals surface area contributed by atoms with Crippen molar-refractivity contribution in [1.29, 1.82) is 0 Å². The maximum atomic E-state index is 12.2. The summed E-state index contributed by atoms with van der Waals surface area (Å²) in [5.41, 5.74) is 2.50. The molecule has 27 heavy (non-hydrogen) atoms. The molecule has 1 aliphatic heterocycles. The van der Waals surface area contributed by atoms with Gasteiger partial charge < -0.3 is 16.0 Å². The smallest absolute Gasteiger partial charge is 0.251 e. The highest BCUT2D eigenvalue weighted by atomic mass is 35.5. The SMILES string of the molecule is Cl.O=C(CC1CCCN1)Nc1ccc(C(=O)NCCc2ccccc2)cc1. The first-order valence-corrected chi connectivity index (χ1v) is 9.16. The van der Waals surface area contributed by atoms with Gasteiger partial charge in [-0.25, -0.2) is 0 Å². The second kappa shape index (κ2) is 10.7. The summed E-state index contributed by atoms with van der Waals surface area (Å²) in [4.78, 5) is 24.2. The molecule has 2 amide bonds. The lowest BCUT2D eigenvalue weighted by Gasteiger charge is -2.11. The van der Waals surface area contributed by atoms with Gasteiger partial charge in [0, 0.05) is 30.3 Å². The number of hydrogen-bond acceptors (Lipinski definition) is 3. The Morgan fingerprint density at radius 2 is 1.78 bits per heavy atom. The van der Waals surface area contributed by atoms with Gasteiger partial charge in [-0.1, -0.05) is 30.3 Å². The number of rotatable bonds is 7. The Balaban J connectivity index is 0.00000261. The molecule has 0 aromatic heterocycles. The average Bonchev–Trinajstić information content (AvgIpc) is 3.16. The highest BCUT2D eigenvalue weighted by Gasteiger charge is 2.17. The van der Waals surface area contributed by atoms with E-state index in [1.54, 1.807) is 24.3 Å². The van der Waals surface area contributed by atoms with Crippen molar-refractivity contribution < 1.29 is 9.59 Å². The van der Waals surface area contributed by atoms with E-state index < -0.39 is 0 Å². The van der Waals surface area contributed by atoms with Crippen molar-refractivity contribution in [2.24, 2.45) is 0 Å². The molecule has 2 aromatic carbocycles. The van der Waals surface area contributed by atoms with Crippen LogP contribution in [0.3, 0.4) is 0 Å². The van der Waals surface area contributed by atoms with E-state index in [0.717, 1.165) is 25.8 Å². The van der Waals surface area contributed by atoms with Crippen molar-refractivity contribution >= 4 is 29.9 Å². The van der Waals surface area contributed by atoms with Crippen LogP contribution in [0.2, 0.25) is 0 Å². The Labute approximate surface area is 166 Å². The Morgan fingerprint density at radius 3 is 2.44 bits per heavy atom. The lowest BCUT2D eigenvalue weighted by Crippen LogP contribution is -2.27. The summed E-state index contributed by atoms with van der Waals surface area (Å²) in [5, 5.41) is 9.13. The van der Waals surface area contributed by atoms with Crippen molar-refractivity contribution in [3.8, 4) is 0 Å². The fourth-order valence-electron chi connectivity index (χ4n) is 3.14. The van der Waals surface area contributed by atoms with Crippen LogP contribution in [0.1, 0.15) is 35.2 Å². The predicted molar refractivity (Wildman–Crippen MR) is 110 cm³/mol. The molecule has 1 heterocycles. The van der Waals surface area contributed by atoms with E-state index >= 15 is 0 Å². The number of hydrogen-bond donors (Lipinski definition) is 3. The standard InChI is InChI=1S/C21H25N3O2.ClH/c25-20(15-19-7-4-13-22-19)24-18-10-8-17(9-11-18)21(26)23-14-12-16-5-2-1-3-6-16;/h1-3,5-6,8-11,19,22H,4,7,12-15H2,(H,23,26)(H,24,25);1H. The van der Waals surface area contributed by atoms with E-state index in [1.165, 1.54) is 5.56 Å². The molecule has 3 rings (SSSR count). The third-order valence-electron chi connectivity index (χ3n) is 4.57. The van der Waals surface area contributed by atoms with Crippen molar-refractivity contribution in [3.63, 3.8) is 0 Å². The molecule has 2 aromatic rings. The molecule has 1 atom stereocenters. The Bertz CT molecular complexity index is 729. The fraction of sp³-hybridized carbons (Fsp3) is 0.333. The fourth-order valence-corrected chi connectivity index (χ4v) is 3.14. The van der Waals surface area contributed by atoms with Gasteiger partial charge in [0.1, 0.15) is 0 Å². The lowest BCUT2D eigenvalue weighted by molar-refractivity contribution is -0.116. The zero-order valence-electron chi connectivity index (χ0n) is 15.2. The molecular formula is C21H26ClN3O2. The van der Waals surface area contributed by atoms with E-state index in [1.807, 2.05) is 30.3 Å². The van der Waals surface area contributed by atoms with Gasteiger partial charge in [0.2, 0.25) is 5.91 Å². The minimum Gasteiger partial charge on any atom is -0.352 e. The van der Waals surface area contributed by atoms with E-state index in [4.69, 9.17) is 0 Å². The van der Waals surface area contributed by atoms with Gasteiger partial charge in [0.15, 0.2) is 0 Å². The summed E-state index contributed by atoms with van der Waals surface area (Å²) in [6.07, 6.45) is 3.47. The molecule has 1 unspecified atom stereocenters. The molecule has 6 heteroatoms. The van der Waals surface area contributed by atoms with Crippen molar-refractivity contribution in [2.75, 3.05) is 18.4 Å². The molecule has 1 fully saturated rings. The highest BCUT2D eigenvalue weighted by Crippen LogP contribution is 2.13. The monoisotopic (exact) mass is 387 g/mol. The van der Waals surface area contributed by atoms with E-state index in [0.29, 0.717) is 24.2 Å². The number of anilines is 1. The maximum absolute atomic E-state index is 12.2. The topological polar surface area (TPSA) is 70.2 Å². The Morgan fingerprint density at radius 1 is 1.04 bits per heavy atom. The summed E-state index contributed by atoms with van der Waals surface area (Å²) in [6.45, 7) is 1.59. The van der Waals surface area contributed by atoms with Crippen molar-refractivity contribution in [2.45, 2.75) is 31.7 Å². The number of carbonyl (C=O) groups excluding carboxylic acids is 2. The molecule has 5 nitrogen and oxygen atoms in total. The molecule has 1 aliphatic rings. The molecule has 3 N–H and O–H groups in total. The van der Waals surface area contributed by atoms with Gasteiger partial charge in [-0.05, 0) is 55.6 Å². The third kappa shape index (κ3) is 6.70. The molecule has 1 saturated heterocycles. The largest absolute Gasteiger partial charge is 0.352 e. The summed E-state index contributed by atoms with van der Waals surface area (Å²) in [6, 6.07) is 17.4. The van der Waals surface area contributed by atoms with Crippen LogP contribution < -0.4 is 16.0 Å². The zero-order valence-corrected chi connectivity index (χ0v) is 16.1. The molecule has 0 bridgehead atoms. The van der Waals surface area contributed by atoms with Crippen molar-refractivity contribution in [1.82, 2.24) is 10.6 Å². The van der Waals surface area contributed by atoms with Gasteiger partial charge >= 0.3 is 0 Å². The number of carbonyl (C=O) groups is 2. The van der Waals surface area contributed by atoms with Gasteiger partial charge in [-0.2, -0.15) is 0 Å². The average molecular weight is 388 g/mol. The van der Waals surface area contributed by atoms with Crippen LogP contribution in [0.15, 0.2) is 54.6 Å². The second-order valence-electron chi connectivity index (χ2n) is 6.61. The second-order valence-corrected chi connectivity index (χ2v) is 6.61. The molecule has 144 valence electrons.